The van der Waals surface area contributed by atoms with Crippen molar-refractivity contribution >= 4 is 33.0 Å². The second-order valence-electron chi connectivity index (χ2n) is 6.57. The van der Waals surface area contributed by atoms with Gasteiger partial charge in [0.15, 0.2) is 16.4 Å². The fraction of sp³-hybridized carbons (Fsp3) is 0.263. The minimum absolute atomic E-state index is 0.0356. The van der Waals surface area contributed by atoms with Crippen LogP contribution in [0.15, 0.2) is 41.3 Å². The molecule has 0 aromatic heterocycles. The lowest BCUT2D eigenvalue weighted by Gasteiger charge is -2.21. The number of anilines is 2. The summed E-state index contributed by atoms with van der Waals surface area (Å²) in [4.78, 5) is 23.6. The third-order valence-electron chi connectivity index (χ3n) is 4.33. The van der Waals surface area contributed by atoms with Crippen LogP contribution in [0.1, 0.15) is 18.9 Å². The molecule has 0 unspecified atom stereocenters. The van der Waals surface area contributed by atoms with E-state index < -0.39 is 26.8 Å². The molecule has 0 saturated carbocycles. The Balaban J connectivity index is 1.78. The van der Waals surface area contributed by atoms with Gasteiger partial charge in [0.25, 0.3) is 5.91 Å². The van der Waals surface area contributed by atoms with Gasteiger partial charge in [-0.2, -0.15) is 0 Å². The van der Waals surface area contributed by atoms with Crippen LogP contribution < -0.4 is 15.4 Å². The molecule has 0 saturated heterocycles. The fourth-order valence-electron chi connectivity index (χ4n) is 2.89. The van der Waals surface area contributed by atoms with Crippen molar-refractivity contribution in [1.82, 2.24) is 0 Å². The number of hydrogen-bond donors (Lipinski definition) is 2. The molecule has 28 heavy (non-hydrogen) atoms. The van der Waals surface area contributed by atoms with E-state index in [9.17, 15) is 22.4 Å². The van der Waals surface area contributed by atoms with Crippen LogP contribution in [0.2, 0.25) is 0 Å². The fourth-order valence-corrected chi connectivity index (χ4v) is 4.47. The molecule has 0 fully saturated rings. The second kappa shape index (κ2) is 7.59. The number of ether oxygens (including phenoxy) is 1. The molecule has 1 aliphatic heterocycles. The first-order valence-corrected chi connectivity index (χ1v) is 10.1. The van der Waals surface area contributed by atoms with Crippen LogP contribution in [0.25, 0.3) is 0 Å². The molecule has 1 atom stereocenters. The van der Waals surface area contributed by atoms with E-state index in [1.54, 1.807) is 6.92 Å². The van der Waals surface area contributed by atoms with Crippen molar-refractivity contribution in [3.63, 3.8) is 0 Å². The number of hydrogen-bond acceptors (Lipinski definition) is 5. The number of carbonyl (C=O) groups is 2. The first kappa shape index (κ1) is 19.8. The minimum Gasteiger partial charge on any atom is -0.482 e. The summed E-state index contributed by atoms with van der Waals surface area (Å²) in [5, 5.41) is 4.09. The molecule has 1 heterocycles. The number of carbonyl (C=O) groups excluding carboxylic acids is 2. The Labute approximate surface area is 161 Å². The van der Waals surface area contributed by atoms with E-state index in [0.29, 0.717) is 11.3 Å². The van der Waals surface area contributed by atoms with Gasteiger partial charge in [0.05, 0.1) is 15.8 Å². The predicted molar refractivity (Wildman–Crippen MR) is 102 cm³/mol. The smallest absolute Gasteiger partial charge is 0.262 e. The Morgan fingerprint density at radius 1 is 1.32 bits per heavy atom. The van der Waals surface area contributed by atoms with E-state index in [4.69, 9.17) is 4.74 Å². The Morgan fingerprint density at radius 3 is 2.79 bits per heavy atom. The van der Waals surface area contributed by atoms with Crippen molar-refractivity contribution in [2.75, 3.05) is 17.2 Å². The summed E-state index contributed by atoms with van der Waals surface area (Å²) < 4.78 is 44.4. The molecule has 2 aromatic carbocycles. The molecule has 148 valence electrons. The second-order valence-corrected chi connectivity index (χ2v) is 8.90. The molecule has 2 amide bonds. The molecule has 0 bridgehead atoms. The zero-order valence-corrected chi connectivity index (χ0v) is 16.1. The topological polar surface area (TPSA) is 102 Å². The summed E-state index contributed by atoms with van der Waals surface area (Å²) >= 11 is 0. The molecule has 1 aliphatic rings. The van der Waals surface area contributed by atoms with Gasteiger partial charge in [0, 0.05) is 18.2 Å². The number of benzene rings is 2. The van der Waals surface area contributed by atoms with Crippen LogP contribution in [-0.2, 0) is 19.4 Å². The maximum Gasteiger partial charge on any atom is 0.262 e. The number of amides is 2. The van der Waals surface area contributed by atoms with Gasteiger partial charge in [-0.3, -0.25) is 9.59 Å². The number of sulfone groups is 1. The van der Waals surface area contributed by atoms with E-state index in [1.165, 1.54) is 37.3 Å². The van der Waals surface area contributed by atoms with E-state index in [-0.39, 0.29) is 35.3 Å². The van der Waals surface area contributed by atoms with Crippen molar-refractivity contribution in [2.45, 2.75) is 30.4 Å². The van der Waals surface area contributed by atoms with Gasteiger partial charge in [-0.05, 0) is 43.7 Å². The standard InChI is InChI=1S/C19H19FN2O5S/c1-11-6-15-16(27-10-19(24)22-15)9-17(11)28(25,26)12(2)7-18(23)21-14-5-3-4-13(20)8-14/h3-6,8-9,12H,7,10H2,1-2H3,(H,21,23)(H,22,24)/t12-/m1/s1. The van der Waals surface area contributed by atoms with Crippen molar-refractivity contribution in [1.29, 1.82) is 0 Å². The Kier molecular flexibility index (Phi) is 5.37. The van der Waals surface area contributed by atoms with E-state index >= 15 is 0 Å². The third-order valence-corrected chi connectivity index (χ3v) is 6.61. The van der Waals surface area contributed by atoms with Crippen LogP contribution in [0.3, 0.4) is 0 Å². The monoisotopic (exact) mass is 406 g/mol. The lowest BCUT2D eigenvalue weighted by molar-refractivity contribution is -0.118. The first-order chi connectivity index (χ1) is 13.2. The van der Waals surface area contributed by atoms with Crippen LogP contribution in [-0.4, -0.2) is 32.1 Å². The molecule has 0 radical (unpaired) electrons. The average Bonchev–Trinajstić information content (AvgIpc) is 2.60. The zero-order valence-electron chi connectivity index (χ0n) is 15.3. The highest BCUT2D eigenvalue weighted by atomic mass is 32.2. The molecule has 2 aromatic rings. The van der Waals surface area contributed by atoms with Crippen LogP contribution >= 0.6 is 0 Å². The molecule has 2 N–H and O–H groups in total. The zero-order chi connectivity index (χ0) is 20.5. The minimum atomic E-state index is -3.84. The van der Waals surface area contributed by atoms with Gasteiger partial charge < -0.3 is 15.4 Å². The van der Waals surface area contributed by atoms with E-state index in [2.05, 4.69) is 10.6 Å². The largest absolute Gasteiger partial charge is 0.482 e. The molecule has 0 aliphatic carbocycles. The molecular formula is C19H19FN2O5S. The molecule has 0 spiro atoms. The summed E-state index contributed by atoms with van der Waals surface area (Å²) in [7, 11) is -3.84. The Hall–Kier alpha value is -2.94. The molecule has 3 rings (SSSR count). The summed E-state index contributed by atoms with van der Waals surface area (Å²) in [6.07, 6.45) is -0.299. The van der Waals surface area contributed by atoms with Gasteiger partial charge in [-0.15, -0.1) is 0 Å². The van der Waals surface area contributed by atoms with Crippen molar-refractivity contribution < 1.29 is 27.1 Å². The number of rotatable bonds is 5. The van der Waals surface area contributed by atoms with Crippen LogP contribution in [0, 0.1) is 12.7 Å². The highest BCUT2D eigenvalue weighted by Crippen LogP contribution is 2.34. The van der Waals surface area contributed by atoms with Gasteiger partial charge in [-0.1, -0.05) is 6.07 Å². The number of nitrogens with one attached hydrogen (secondary N) is 2. The molecular weight excluding hydrogens is 387 g/mol. The maximum atomic E-state index is 13.2. The number of aryl methyl sites for hydroxylation is 1. The SMILES string of the molecule is Cc1cc2c(cc1S(=O)(=O)[C@H](C)CC(=O)Nc1cccc(F)c1)OCC(=O)N2. The van der Waals surface area contributed by atoms with Gasteiger partial charge in [0.2, 0.25) is 5.91 Å². The van der Waals surface area contributed by atoms with Crippen molar-refractivity contribution in [3.05, 3.63) is 47.8 Å². The third kappa shape index (κ3) is 4.14. The van der Waals surface area contributed by atoms with E-state index in [1.807, 2.05) is 0 Å². The lowest BCUT2D eigenvalue weighted by atomic mass is 10.2. The van der Waals surface area contributed by atoms with Gasteiger partial charge >= 0.3 is 0 Å². The average molecular weight is 406 g/mol. The van der Waals surface area contributed by atoms with Crippen LogP contribution in [0.5, 0.6) is 5.75 Å². The number of fused-ring (bicyclic) bond motifs is 1. The molecule has 7 nitrogen and oxygen atoms in total. The maximum absolute atomic E-state index is 13.2. The molecule has 9 heteroatoms. The normalized spacial score (nSPS) is 14.5. The number of halogens is 1. The summed E-state index contributed by atoms with van der Waals surface area (Å²) in [6, 6.07) is 8.24. The van der Waals surface area contributed by atoms with E-state index in [0.717, 1.165) is 6.07 Å². The van der Waals surface area contributed by atoms with Crippen LogP contribution in [0.4, 0.5) is 15.8 Å². The van der Waals surface area contributed by atoms with Gasteiger partial charge in [-0.25, -0.2) is 12.8 Å². The Morgan fingerprint density at radius 2 is 2.07 bits per heavy atom. The van der Waals surface area contributed by atoms with Crippen molar-refractivity contribution in [3.8, 4) is 5.75 Å². The predicted octanol–water partition coefficient (Wildman–Crippen LogP) is 2.66. The van der Waals surface area contributed by atoms with Crippen molar-refractivity contribution in [2.24, 2.45) is 0 Å². The van der Waals surface area contributed by atoms with Gasteiger partial charge in [0.1, 0.15) is 11.6 Å². The lowest BCUT2D eigenvalue weighted by Crippen LogP contribution is -2.27. The summed E-state index contributed by atoms with van der Waals surface area (Å²) in [5.41, 5.74) is 1.09. The Bertz CT molecular complexity index is 1050. The first-order valence-electron chi connectivity index (χ1n) is 8.53. The highest BCUT2D eigenvalue weighted by Gasteiger charge is 2.29. The summed E-state index contributed by atoms with van der Waals surface area (Å²) in [5.74, 6) is -1.10. The highest BCUT2D eigenvalue weighted by molar-refractivity contribution is 7.92. The summed E-state index contributed by atoms with van der Waals surface area (Å²) in [6.45, 7) is 2.84. The quantitative estimate of drug-likeness (QED) is 0.795.